The summed E-state index contributed by atoms with van der Waals surface area (Å²) in [6.07, 6.45) is 0. The highest BCUT2D eigenvalue weighted by Crippen LogP contribution is 2.21. The summed E-state index contributed by atoms with van der Waals surface area (Å²) in [6.45, 7) is 11.4. The lowest BCUT2D eigenvalue weighted by atomic mass is 9.86. The molecule has 0 spiro atoms. The lowest BCUT2D eigenvalue weighted by molar-refractivity contribution is -0.135. The van der Waals surface area contributed by atoms with Crippen LogP contribution in [0.3, 0.4) is 0 Å². The van der Waals surface area contributed by atoms with Gasteiger partial charge in [0, 0.05) is 31.9 Å². The summed E-state index contributed by atoms with van der Waals surface area (Å²) in [4.78, 5) is 16.7. The molecule has 1 fully saturated rings. The van der Waals surface area contributed by atoms with E-state index in [1.807, 2.05) is 25.7 Å². The number of hydrogen-bond donors (Lipinski definition) is 1. The predicted octanol–water partition coefficient (Wildman–Crippen LogP) is 2.02. The molecule has 4 nitrogen and oxygen atoms in total. The third-order valence-corrected chi connectivity index (χ3v) is 4.16. The molecule has 0 aromatic heterocycles. The van der Waals surface area contributed by atoms with Crippen molar-refractivity contribution in [2.24, 2.45) is 11.1 Å². The fourth-order valence-corrected chi connectivity index (χ4v) is 2.58. The highest BCUT2D eigenvalue weighted by molar-refractivity contribution is 5.82. The summed E-state index contributed by atoms with van der Waals surface area (Å²) in [6, 6.07) is 8.08. The summed E-state index contributed by atoms with van der Waals surface area (Å²) in [5.41, 5.74) is 8.40. The van der Waals surface area contributed by atoms with Crippen molar-refractivity contribution in [1.82, 2.24) is 4.90 Å². The van der Waals surface area contributed by atoms with E-state index in [0.717, 1.165) is 26.2 Å². The summed E-state index contributed by atoms with van der Waals surface area (Å²) in [5, 5.41) is 0. The van der Waals surface area contributed by atoms with Crippen LogP contribution >= 0.6 is 0 Å². The second-order valence-electron chi connectivity index (χ2n) is 7.00. The number of hydrogen-bond acceptors (Lipinski definition) is 3. The van der Waals surface area contributed by atoms with Crippen LogP contribution in [0.4, 0.5) is 5.69 Å². The number of benzene rings is 1. The summed E-state index contributed by atoms with van der Waals surface area (Å²) >= 11 is 0. The van der Waals surface area contributed by atoms with Crippen molar-refractivity contribution < 1.29 is 4.79 Å². The molecule has 1 aromatic rings. The van der Waals surface area contributed by atoms with Gasteiger partial charge in [-0.25, -0.2) is 0 Å². The number of nitrogens with zero attached hydrogens (tertiary/aromatic N) is 2. The topological polar surface area (TPSA) is 49.6 Å². The highest BCUT2D eigenvalue weighted by Gasteiger charge is 2.32. The fourth-order valence-electron chi connectivity index (χ4n) is 2.58. The second-order valence-corrected chi connectivity index (χ2v) is 7.00. The van der Waals surface area contributed by atoms with Gasteiger partial charge >= 0.3 is 0 Å². The van der Waals surface area contributed by atoms with Gasteiger partial charge < -0.3 is 15.5 Å². The minimum atomic E-state index is -0.428. The number of piperazine rings is 1. The molecule has 1 heterocycles. The van der Waals surface area contributed by atoms with Gasteiger partial charge in [-0.05, 0) is 30.0 Å². The van der Waals surface area contributed by atoms with Crippen LogP contribution in [-0.2, 0) is 4.79 Å². The van der Waals surface area contributed by atoms with Crippen molar-refractivity contribution in [1.29, 1.82) is 0 Å². The van der Waals surface area contributed by atoms with E-state index < -0.39 is 6.04 Å². The number of aryl methyl sites for hydroxylation is 1. The van der Waals surface area contributed by atoms with E-state index in [2.05, 4.69) is 36.1 Å². The molecule has 0 aliphatic carbocycles. The SMILES string of the molecule is Cc1cccc(N2CCN(C(=O)C(N)C(C)(C)C)CC2)c1. The van der Waals surface area contributed by atoms with Crippen LogP contribution in [0.1, 0.15) is 26.3 Å². The molecule has 2 N–H and O–H groups in total. The van der Waals surface area contributed by atoms with E-state index in [-0.39, 0.29) is 11.3 Å². The first kappa shape index (κ1) is 15.8. The number of rotatable bonds is 2. The lowest BCUT2D eigenvalue weighted by Gasteiger charge is -2.39. The van der Waals surface area contributed by atoms with Crippen molar-refractivity contribution in [3.05, 3.63) is 29.8 Å². The van der Waals surface area contributed by atoms with Crippen LogP contribution < -0.4 is 10.6 Å². The van der Waals surface area contributed by atoms with Gasteiger partial charge in [0.2, 0.25) is 5.91 Å². The number of anilines is 1. The quantitative estimate of drug-likeness (QED) is 0.906. The van der Waals surface area contributed by atoms with E-state index >= 15 is 0 Å². The lowest BCUT2D eigenvalue weighted by Crippen LogP contribution is -2.56. The Labute approximate surface area is 127 Å². The van der Waals surface area contributed by atoms with Gasteiger partial charge in [0.15, 0.2) is 0 Å². The summed E-state index contributed by atoms with van der Waals surface area (Å²) < 4.78 is 0. The number of carbonyl (C=O) groups is 1. The van der Waals surface area contributed by atoms with Crippen LogP contribution in [0.5, 0.6) is 0 Å². The molecule has 21 heavy (non-hydrogen) atoms. The van der Waals surface area contributed by atoms with Gasteiger partial charge in [0.1, 0.15) is 0 Å². The largest absolute Gasteiger partial charge is 0.368 e. The Bertz CT molecular complexity index is 499. The second kappa shape index (κ2) is 6.06. The molecule has 1 saturated heterocycles. The minimum Gasteiger partial charge on any atom is -0.368 e. The van der Waals surface area contributed by atoms with Crippen LogP contribution in [0.2, 0.25) is 0 Å². The molecule has 0 radical (unpaired) electrons. The molecular formula is C17H27N3O. The third-order valence-electron chi connectivity index (χ3n) is 4.16. The normalized spacial score (nSPS) is 17.8. The molecule has 1 unspecified atom stereocenters. The average Bonchev–Trinajstić information content (AvgIpc) is 2.45. The molecular weight excluding hydrogens is 262 g/mol. The van der Waals surface area contributed by atoms with E-state index in [1.165, 1.54) is 11.3 Å². The molecule has 4 heteroatoms. The van der Waals surface area contributed by atoms with Crippen LogP contribution in [0, 0.1) is 12.3 Å². The highest BCUT2D eigenvalue weighted by atomic mass is 16.2. The zero-order valence-electron chi connectivity index (χ0n) is 13.6. The first-order valence-corrected chi connectivity index (χ1v) is 7.65. The third kappa shape index (κ3) is 3.76. The van der Waals surface area contributed by atoms with Gasteiger partial charge in [-0.15, -0.1) is 0 Å². The Morgan fingerprint density at radius 2 is 1.81 bits per heavy atom. The predicted molar refractivity (Wildman–Crippen MR) is 87.4 cm³/mol. The van der Waals surface area contributed by atoms with Crippen LogP contribution in [0.15, 0.2) is 24.3 Å². The average molecular weight is 289 g/mol. The molecule has 1 aliphatic heterocycles. The molecule has 1 atom stereocenters. The molecule has 0 saturated carbocycles. The first-order valence-electron chi connectivity index (χ1n) is 7.65. The van der Waals surface area contributed by atoms with E-state index in [9.17, 15) is 4.79 Å². The van der Waals surface area contributed by atoms with Crippen molar-refractivity contribution >= 4 is 11.6 Å². The van der Waals surface area contributed by atoms with Crippen molar-refractivity contribution in [2.45, 2.75) is 33.7 Å². The van der Waals surface area contributed by atoms with Crippen molar-refractivity contribution in [3.63, 3.8) is 0 Å². The first-order chi connectivity index (χ1) is 9.79. The maximum Gasteiger partial charge on any atom is 0.240 e. The van der Waals surface area contributed by atoms with E-state index in [1.54, 1.807) is 0 Å². The minimum absolute atomic E-state index is 0.0754. The van der Waals surface area contributed by atoms with Crippen molar-refractivity contribution in [2.75, 3.05) is 31.1 Å². The monoisotopic (exact) mass is 289 g/mol. The maximum absolute atomic E-state index is 12.4. The summed E-state index contributed by atoms with van der Waals surface area (Å²) in [7, 11) is 0. The Morgan fingerprint density at radius 1 is 1.19 bits per heavy atom. The zero-order valence-corrected chi connectivity index (χ0v) is 13.6. The van der Waals surface area contributed by atoms with Gasteiger partial charge in [-0.1, -0.05) is 32.9 Å². The molecule has 2 rings (SSSR count). The van der Waals surface area contributed by atoms with Gasteiger partial charge in [-0.3, -0.25) is 4.79 Å². The van der Waals surface area contributed by atoms with Gasteiger partial charge in [0.25, 0.3) is 0 Å². The molecule has 1 amide bonds. The van der Waals surface area contributed by atoms with Crippen molar-refractivity contribution in [3.8, 4) is 0 Å². The Morgan fingerprint density at radius 3 is 2.33 bits per heavy atom. The molecule has 1 aliphatic rings. The Hall–Kier alpha value is -1.55. The maximum atomic E-state index is 12.4. The van der Waals surface area contributed by atoms with E-state index in [0.29, 0.717) is 0 Å². The Kier molecular flexibility index (Phi) is 4.57. The fraction of sp³-hybridized carbons (Fsp3) is 0.588. The van der Waals surface area contributed by atoms with Crippen LogP contribution in [0.25, 0.3) is 0 Å². The zero-order chi connectivity index (χ0) is 15.6. The van der Waals surface area contributed by atoms with Gasteiger partial charge in [0.05, 0.1) is 6.04 Å². The van der Waals surface area contributed by atoms with Crippen LogP contribution in [-0.4, -0.2) is 43.0 Å². The molecule has 1 aromatic carbocycles. The number of carbonyl (C=O) groups excluding carboxylic acids is 1. The molecule has 0 bridgehead atoms. The Balaban J connectivity index is 1.96. The van der Waals surface area contributed by atoms with E-state index in [4.69, 9.17) is 5.73 Å². The number of nitrogens with two attached hydrogens (primary N) is 1. The standard InChI is InChI=1S/C17H27N3O/c1-13-6-5-7-14(12-13)19-8-10-20(11-9-19)16(21)15(18)17(2,3)4/h5-7,12,15H,8-11,18H2,1-4H3. The smallest absolute Gasteiger partial charge is 0.240 e. The number of amides is 1. The summed E-state index contributed by atoms with van der Waals surface area (Å²) in [5.74, 6) is 0.0754. The molecule has 116 valence electrons. The van der Waals surface area contributed by atoms with Gasteiger partial charge in [-0.2, -0.15) is 0 Å².